The van der Waals surface area contributed by atoms with Crippen LogP contribution in [0.15, 0.2) is 0 Å². The Balaban J connectivity index is 6.07. The van der Waals surface area contributed by atoms with E-state index in [9.17, 15) is 39.6 Å². The van der Waals surface area contributed by atoms with Crippen LogP contribution in [0, 0.1) is 0 Å². The summed E-state index contributed by atoms with van der Waals surface area (Å²) < 4.78 is 0. The van der Waals surface area contributed by atoms with Crippen molar-refractivity contribution < 1.29 is 39.6 Å². The van der Waals surface area contributed by atoms with Gasteiger partial charge in [0.15, 0.2) is 11.6 Å². The van der Waals surface area contributed by atoms with Crippen molar-refractivity contribution in [3.63, 3.8) is 0 Å². The Morgan fingerprint density at radius 2 is 1.05 bits per heavy atom. The summed E-state index contributed by atoms with van der Waals surface area (Å²) in [5.41, 5.74) is -7.76. The second kappa shape index (κ2) is 6.58. The lowest BCUT2D eigenvalue weighted by Crippen LogP contribution is -2.76. The molecule has 8 nitrogen and oxygen atoms in total. The van der Waals surface area contributed by atoms with Crippen molar-refractivity contribution in [1.82, 2.24) is 0 Å². The number of carbonyl (C=O) groups excluding carboxylic acids is 4. The van der Waals surface area contributed by atoms with Gasteiger partial charge in [-0.1, -0.05) is 13.8 Å². The highest BCUT2D eigenvalue weighted by Crippen LogP contribution is 2.28. The number of ketones is 2. The first-order valence-electron chi connectivity index (χ1n) is 6.04. The summed E-state index contributed by atoms with van der Waals surface area (Å²) in [6.07, 6.45) is -0.974. The quantitative estimate of drug-likeness (QED) is 0.418. The van der Waals surface area contributed by atoms with E-state index in [0.717, 1.165) is 0 Å². The molecule has 2 N–H and O–H groups in total. The highest BCUT2D eigenvalue weighted by molar-refractivity contribution is 6.20. The van der Waals surface area contributed by atoms with Gasteiger partial charge in [-0.2, -0.15) is 0 Å². The predicted octanol–water partition coefficient (Wildman–Crippen LogP) is -3.31. The zero-order valence-electron chi connectivity index (χ0n) is 11.2. The minimum absolute atomic E-state index is 0.0690. The molecule has 2 atom stereocenters. The molecule has 0 bridgehead atoms. The molecule has 0 aromatic rings. The summed E-state index contributed by atoms with van der Waals surface area (Å²) in [5, 5.41) is 41.8. The van der Waals surface area contributed by atoms with Gasteiger partial charge in [0.25, 0.3) is 0 Å². The van der Waals surface area contributed by atoms with Gasteiger partial charge in [-0.15, -0.1) is 0 Å². The molecule has 0 aromatic heterocycles. The van der Waals surface area contributed by atoms with E-state index in [2.05, 4.69) is 0 Å². The average Bonchev–Trinajstić information content (AvgIpc) is 2.36. The lowest BCUT2D eigenvalue weighted by Gasteiger charge is -2.42. The summed E-state index contributed by atoms with van der Waals surface area (Å²) in [6, 6.07) is 0. The van der Waals surface area contributed by atoms with Gasteiger partial charge in [0, 0.05) is 12.8 Å². The van der Waals surface area contributed by atoms with Crippen LogP contribution in [0.3, 0.4) is 0 Å². The molecule has 0 rings (SSSR count). The van der Waals surface area contributed by atoms with E-state index in [1.165, 1.54) is 13.8 Å². The maximum absolute atomic E-state index is 11.7. The Morgan fingerprint density at radius 3 is 1.20 bits per heavy atom. The van der Waals surface area contributed by atoms with Gasteiger partial charge < -0.3 is 30.0 Å². The van der Waals surface area contributed by atoms with Crippen molar-refractivity contribution in [1.29, 1.82) is 0 Å². The summed E-state index contributed by atoms with van der Waals surface area (Å²) in [4.78, 5) is 45.4. The van der Waals surface area contributed by atoms with E-state index in [1.807, 2.05) is 0 Å². The Bertz CT molecular complexity index is 389. The Labute approximate surface area is 115 Å². The third-order valence-electron chi connectivity index (χ3n) is 2.88. The molecule has 0 amide bonds. The molecule has 114 valence electrons. The summed E-state index contributed by atoms with van der Waals surface area (Å²) in [7, 11) is 0. The average molecular weight is 288 g/mol. The van der Waals surface area contributed by atoms with E-state index in [-0.39, 0.29) is 12.8 Å². The predicted molar refractivity (Wildman–Crippen MR) is 59.7 cm³/mol. The van der Waals surface area contributed by atoms with E-state index < -0.39 is 47.5 Å². The fraction of sp³-hybridized carbons (Fsp3) is 0.667. The Hall–Kier alpha value is -1.80. The summed E-state index contributed by atoms with van der Waals surface area (Å²) >= 11 is 0. The Kier molecular flexibility index (Phi) is 5.98. The molecule has 0 aliphatic carbocycles. The molecule has 8 heteroatoms. The number of rotatable bonds is 9. The van der Waals surface area contributed by atoms with Crippen LogP contribution in [0.4, 0.5) is 0 Å². The number of carbonyl (C=O) groups is 4. The van der Waals surface area contributed by atoms with Crippen molar-refractivity contribution >= 4 is 23.5 Å². The summed E-state index contributed by atoms with van der Waals surface area (Å²) in [5.74, 6) is -8.19. The number of carboxylic acid groups (broad SMARTS) is 2. The van der Waals surface area contributed by atoms with Crippen LogP contribution in [-0.4, -0.2) is 44.9 Å². The van der Waals surface area contributed by atoms with E-state index in [0.29, 0.717) is 0 Å². The molecule has 0 heterocycles. The fourth-order valence-corrected chi connectivity index (χ4v) is 1.74. The third kappa shape index (κ3) is 2.70. The molecule has 0 saturated heterocycles. The molecular formula is C12H16O8-2. The van der Waals surface area contributed by atoms with Crippen molar-refractivity contribution in [3.8, 4) is 0 Å². The molecule has 0 aliphatic heterocycles. The minimum atomic E-state index is -3.88. The SMILES string of the molecule is CCCC(=O)C(O)(C(=O)[O-])C(O)(C(=O)[O-])C(=O)CCC. The number of Topliss-reactive ketones (excluding diaryl/α,β-unsaturated/α-hetero) is 2. The number of aliphatic carboxylic acids is 2. The second-order valence-electron chi connectivity index (χ2n) is 4.34. The van der Waals surface area contributed by atoms with Crippen LogP contribution >= 0.6 is 0 Å². The van der Waals surface area contributed by atoms with E-state index >= 15 is 0 Å². The molecule has 0 fully saturated rings. The highest BCUT2D eigenvalue weighted by atomic mass is 16.5. The first-order chi connectivity index (χ1) is 9.10. The van der Waals surface area contributed by atoms with Crippen molar-refractivity contribution in [2.45, 2.75) is 50.7 Å². The lowest BCUT2D eigenvalue weighted by molar-refractivity contribution is -0.349. The normalized spacial score (nSPS) is 16.8. The van der Waals surface area contributed by atoms with Crippen LogP contribution in [0.25, 0.3) is 0 Å². The summed E-state index contributed by atoms with van der Waals surface area (Å²) in [6.45, 7) is 2.92. The van der Waals surface area contributed by atoms with Crippen molar-refractivity contribution in [3.05, 3.63) is 0 Å². The number of hydrogen-bond donors (Lipinski definition) is 2. The van der Waals surface area contributed by atoms with Gasteiger partial charge in [0.05, 0.1) is 11.9 Å². The molecule has 0 aromatic carbocycles. The maximum Gasteiger partial charge on any atom is 0.203 e. The lowest BCUT2D eigenvalue weighted by atomic mass is 9.74. The van der Waals surface area contributed by atoms with E-state index in [1.54, 1.807) is 0 Å². The molecular weight excluding hydrogens is 272 g/mol. The number of carboxylic acids is 2. The second-order valence-corrected chi connectivity index (χ2v) is 4.34. The zero-order valence-corrected chi connectivity index (χ0v) is 11.2. The van der Waals surface area contributed by atoms with Crippen LogP contribution in [0.1, 0.15) is 39.5 Å². The third-order valence-corrected chi connectivity index (χ3v) is 2.88. The molecule has 0 aliphatic rings. The highest BCUT2D eigenvalue weighted by Gasteiger charge is 2.60. The smallest absolute Gasteiger partial charge is 0.203 e. The van der Waals surface area contributed by atoms with E-state index in [4.69, 9.17) is 0 Å². The zero-order chi connectivity index (χ0) is 16.1. The minimum Gasteiger partial charge on any atom is -0.546 e. The van der Waals surface area contributed by atoms with Crippen LogP contribution < -0.4 is 10.2 Å². The van der Waals surface area contributed by atoms with Crippen molar-refractivity contribution in [2.24, 2.45) is 0 Å². The largest absolute Gasteiger partial charge is 0.546 e. The Morgan fingerprint density at radius 1 is 0.800 bits per heavy atom. The molecule has 0 radical (unpaired) electrons. The van der Waals surface area contributed by atoms with Gasteiger partial charge in [0.1, 0.15) is 0 Å². The molecule has 0 saturated carbocycles. The fourth-order valence-electron chi connectivity index (χ4n) is 1.74. The maximum atomic E-state index is 11.7. The molecule has 0 spiro atoms. The molecule has 2 unspecified atom stereocenters. The number of aliphatic hydroxyl groups is 2. The van der Waals surface area contributed by atoms with Gasteiger partial charge in [-0.3, -0.25) is 9.59 Å². The molecule has 20 heavy (non-hydrogen) atoms. The van der Waals surface area contributed by atoms with Gasteiger partial charge in [-0.25, -0.2) is 0 Å². The van der Waals surface area contributed by atoms with Crippen LogP contribution in [-0.2, 0) is 19.2 Å². The number of hydrogen-bond acceptors (Lipinski definition) is 8. The standard InChI is InChI=1S/C12H18O8/c1-3-5-7(13)11(19,9(15)16)12(20,10(17)18)8(14)6-4-2/h19-20H,3-6H2,1-2H3,(H,15,16)(H,17,18)/p-2. The van der Waals surface area contributed by atoms with Gasteiger partial charge in [0.2, 0.25) is 11.2 Å². The first-order valence-corrected chi connectivity index (χ1v) is 6.04. The van der Waals surface area contributed by atoms with Gasteiger partial charge in [-0.05, 0) is 12.8 Å². The monoisotopic (exact) mass is 288 g/mol. The first kappa shape index (κ1) is 18.2. The topological polar surface area (TPSA) is 155 Å². The van der Waals surface area contributed by atoms with Crippen LogP contribution in [0.5, 0.6) is 0 Å². The van der Waals surface area contributed by atoms with Gasteiger partial charge >= 0.3 is 0 Å². The van der Waals surface area contributed by atoms with Crippen molar-refractivity contribution in [2.75, 3.05) is 0 Å². The van der Waals surface area contributed by atoms with Crippen LogP contribution in [0.2, 0.25) is 0 Å².